The van der Waals surface area contributed by atoms with Crippen molar-refractivity contribution >= 4 is 11.9 Å². The third-order valence-corrected chi connectivity index (χ3v) is 4.08. The lowest BCUT2D eigenvalue weighted by Crippen LogP contribution is -2.44. The monoisotopic (exact) mass is 293 g/mol. The van der Waals surface area contributed by atoms with Gasteiger partial charge in [0.15, 0.2) is 0 Å². The van der Waals surface area contributed by atoms with Gasteiger partial charge in [-0.1, -0.05) is 19.3 Å². The summed E-state index contributed by atoms with van der Waals surface area (Å²) >= 11 is 0. The number of hydrogen-bond donors (Lipinski definition) is 1. The predicted molar refractivity (Wildman–Crippen MR) is 78.2 cm³/mol. The molecule has 0 bridgehead atoms. The number of carboxylic acid groups (broad SMARTS) is 1. The van der Waals surface area contributed by atoms with Gasteiger partial charge in [-0.25, -0.2) is 0 Å². The van der Waals surface area contributed by atoms with Crippen molar-refractivity contribution in [2.24, 2.45) is 0 Å². The number of carboxylic acids is 1. The molecule has 0 saturated heterocycles. The first-order chi connectivity index (χ1) is 10.0. The van der Waals surface area contributed by atoms with Crippen LogP contribution in [0.5, 0.6) is 0 Å². The van der Waals surface area contributed by atoms with Gasteiger partial charge >= 0.3 is 5.97 Å². The van der Waals surface area contributed by atoms with Gasteiger partial charge in [0, 0.05) is 18.8 Å². The Morgan fingerprint density at radius 3 is 2.57 bits per heavy atom. The number of carbonyl (C=O) groups excluding carboxylic acids is 1. The van der Waals surface area contributed by atoms with Gasteiger partial charge in [0.05, 0.1) is 11.3 Å². The van der Waals surface area contributed by atoms with Gasteiger partial charge < -0.3 is 10.0 Å². The molecule has 1 amide bonds. The minimum atomic E-state index is -0.963. The molecular weight excluding hydrogens is 270 g/mol. The summed E-state index contributed by atoms with van der Waals surface area (Å²) in [6.07, 6.45) is 6.77. The Hall–Kier alpha value is -1.85. The molecule has 6 nitrogen and oxygen atoms in total. The molecule has 1 N–H and O–H groups in total. The second-order valence-corrected chi connectivity index (χ2v) is 5.60. The molecule has 1 aliphatic carbocycles. The summed E-state index contributed by atoms with van der Waals surface area (Å²) in [6, 6.07) is 0.0340. The molecule has 0 atom stereocenters. The van der Waals surface area contributed by atoms with Crippen LogP contribution in [0, 0.1) is 6.92 Å². The number of amides is 1. The van der Waals surface area contributed by atoms with Crippen LogP contribution in [0.15, 0.2) is 6.20 Å². The molecule has 1 aliphatic rings. The molecule has 0 spiro atoms. The molecule has 1 aromatic heterocycles. The van der Waals surface area contributed by atoms with Gasteiger partial charge in [-0.15, -0.1) is 0 Å². The highest BCUT2D eigenvalue weighted by molar-refractivity contribution is 5.96. The highest BCUT2D eigenvalue weighted by Gasteiger charge is 2.29. The summed E-state index contributed by atoms with van der Waals surface area (Å²) in [5.74, 6) is -1.17. The fourth-order valence-electron chi connectivity index (χ4n) is 2.95. The summed E-state index contributed by atoms with van der Waals surface area (Å²) in [5.41, 5.74) is 1.18. The van der Waals surface area contributed by atoms with Crippen molar-refractivity contribution in [3.8, 4) is 0 Å². The van der Waals surface area contributed by atoms with Crippen LogP contribution in [-0.4, -0.2) is 44.3 Å². The molecule has 0 radical (unpaired) electrons. The van der Waals surface area contributed by atoms with Gasteiger partial charge in [-0.2, -0.15) is 5.10 Å². The lowest BCUT2D eigenvalue weighted by atomic mass is 9.93. The van der Waals surface area contributed by atoms with Crippen molar-refractivity contribution in [2.45, 2.75) is 58.5 Å². The molecule has 116 valence electrons. The fraction of sp³-hybridized carbons (Fsp3) is 0.667. The Labute approximate surface area is 124 Å². The van der Waals surface area contributed by atoms with Gasteiger partial charge in [0.1, 0.15) is 6.54 Å². The summed E-state index contributed by atoms with van der Waals surface area (Å²) < 4.78 is 1.71. The van der Waals surface area contributed by atoms with Crippen LogP contribution in [0.25, 0.3) is 0 Å². The quantitative estimate of drug-likeness (QED) is 0.901. The van der Waals surface area contributed by atoms with Crippen molar-refractivity contribution in [3.05, 3.63) is 17.5 Å². The second-order valence-electron chi connectivity index (χ2n) is 5.60. The number of rotatable bonds is 5. The van der Waals surface area contributed by atoms with Gasteiger partial charge in [-0.05, 0) is 26.7 Å². The lowest BCUT2D eigenvalue weighted by Gasteiger charge is -2.33. The van der Waals surface area contributed by atoms with Crippen LogP contribution >= 0.6 is 0 Å². The van der Waals surface area contributed by atoms with E-state index in [0.29, 0.717) is 17.8 Å². The van der Waals surface area contributed by atoms with E-state index in [9.17, 15) is 9.59 Å². The number of aliphatic carboxylic acids is 1. The standard InChI is InChI=1S/C15H23N3O3/c1-3-17-9-13(11(2)16-17)15(21)18(10-14(19)20)12-7-5-4-6-8-12/h9,12H,3-8,10H2,1-2H3,(H,19,20). The van der Waals surface area contributed by atoms with E-state index in [2.05, 4.69) is 5.10 Å². The Bertz CT molecular complexity index is 518. The van der Waals surface area contributed by atoms with E-state index in [1.807, 2.05) is 6.92 Å². The summed E-state index contributed by atoms with van der Waals surface area (Å²) in [6.45, 7) is 4.20. The van der Waals surface area contributed by atoms with Crippen LogP contribution in [0.2, 0.25) is 0 Å². The molecule has 0 aromatic carbocycles. The third kappa shape index (κ3) is 3.62. The van der Waals surface area contributed by atoms with Crippen LogP contribution in [0.4, 0.5) is 0 Å². The smallest absolute Gasteiger partial charge is 0.323 e. The van der Waals surface area contributed by atoms with E-state index < -0.39 is 5.97 Å². The van der Waals surface area contributed by atoms with E-state index in [-0.39, 0.29) is 18.5 Å². The Morgan fingerprint density at radius 2 is 2.05 bits per heavy atom. The molecular formula is C15H23N3O3. The Balaban J connectivity index is 2.23. The minimum absolute atomic E-state index is 0.0340. The average molecular weight is 293 g/mol. The van der Waals surface area contributed by atoms with Crippen LogP contribution in [0.3, 0.4) is 0 Å². The highest BCUT2D eigenvalue weighted by Crippen LogP contribution is 2.24. The molecule has 1 saturated carbocycles. The molecule has 2 rings (SSSR count). The number of aromatic nitrogens is 2. The lowest BCUT2D eigenvalue weighted by molar-refractivity contribution is -0.138. The topological polar surface area (TPSA) is 75.4 Å². The number of hydrogen-bond acceptors (Lipinski definition) is 3. The molecule has 1 aromatic rings. The molecule has 6 heteroatoms. The zero-order chi connectivity index (χ0) is 15.4. The number of nitrogens with zero attached hydrogens (tertiary/aromatic N) is 3. The van der Waals surface area contributed by atoms with E-state index in [0.717, 1.165) is 25.7 Å². The Morgan fingerprint density at radius 1 is 1.38 bits per heavy atom. The van der Waals surface area contributed by atoms with Crippen LogP contribution in [0.1, 0.15) is 55.1 Å². The first-order valence-corrected chi connectivity index (χ1v) is 7.59. The Kier molecular flexibility index (Phi) is 4.98. The van der Waals surface area contributed by atoms with Crippen molar-refractivity contribution in [3.63, 3.8) is 0 Å². The molecule has 0 unspecified atom stereocenters. The van der Waals surface area contributed by atoms with E-state index >= 15 is 0 Å². The van der Waals surface area contributed by atoms with Crippen molar-refractivity contribution in [1.82, 2.24) is 14.7 Å². The maximum Gasteiger partial charge on any atom is 0.323 e. The van der Waals surface area contributed by atoms with Crippen LogP contribution in [-0.2, 0) is 11.3 Å². The van der Waals surface area contributed by atoms with Crippen molar-refractivity contribution in [2.75, 3.05) is 6.54 Å². The van der Waals surface area contributed by atoms with E-state index in [1.165, 1.54) is 11.3 Å². The van der Waals surface area contributed by atoms with Crippen LogP contribution < -0.4 is 0 Å². The van der Waals surface area contributed by atoms with E-state index in [4.69, 9.17) is 5.11 Å². The predicted octanol–water partition coefficient (Wildman–Crippen LogP) is 2.07. The molecule has 21 heavy (non-hydrogen) atoms. The molecule has 0 aliphatic heterocycles. The zero-order valence-corrected chi connectivity index (χ0v) is 12.7. The largest absolute Gasteiger partial charge is 0.480 e. The minimum Gasteiger partial charge on any atom is -0.480 e. The van der Waals surface area contributed by atoms with Crippen molar-refractivity contribution < 1.29 is 14.7 Å². The normalized spacial score (nSPS) is 15.9. The summed E-state index contributed by atoms with van der Waals surface area (Å²) in [5, 5.41) is 13.4. The van der Waals surface area contributed by atoms with Gasteiger partial charge in [-0.3, -0.25) is 14.3 Å². The molecule has 1 heterocycles. The average Bonchev–Trinajstić information content (AvgIpc) is 2.86. The first-order valence-electron chi connectivity index (χ1n) is 7.59. The van der Waals surface area contributed by atoms with Gasteiger partial charge in [0.2, 0.25) is 0 Å². The van der Waals surface area contributed by atoms with E-state index in [1.54, 1.807) is 17.8 Å². The zero-order valence-electron chi connectivity index (χ0n) is 12.7. The number of carbonyl (C=O) groups is 2. The molecule has 1 fully saturated rings. The SMILES string of the molecule is CCn1cc(C(=O)N(CC(=O)O)C2CCCCC2)c(C)n1. The van der Waals surface area contributed by atoms with Gasteiger partial charge in [0.25, 0.3) is 5.91 Å². The highest BCUT2D eigenvalue weighted by atomic mass is 16.4. The first kappa shape index (κ1) is 15.5. The number of aryl methyl sites for hydroxylation is 2. The maximum absolute atomic E-state index is 12.7. The summed E-state index contributed by atoms with van der Waals surface area (Å²) in [7, 11) is 0. The second kappa shape index (κ2) is 6.74. The third-order valence-electron chi connectivity index (χ3n) is 4.08. The van der Waals surface area contributed by atoms with Crippen molar-refractivity contribution in [1.29, 1.82) is 0 Å². The maximum atomic E-state index is 12.7. The summed E-state index contributed by atoms with van der Waals surface area (Å²) in [4.78, 5) is 25.4. The fourth-order valence-corrected chi connectivity index (χ4v) is 2.95.